The predicted octanol–water partition coefficient (Wildman–Crippen LogP) is 2.44. The Morgan fingerprint density at radius 2 is 2.18 bits per heavy atom. The summed E-state index contributed by atoms with van der Waals surface area (Å²) < 4.78 is 1.72. The van der Waals surface area contributed by atoms with Crippen LogP contribution in [-0.2, 0) is 11.8 Å². The van der Waals surface area contributed by atoms with Gasteiger partial charge in [0.25, 0.3) is 0 Å². The van der Waals surface area contributed by atoms with Gasteiger partial charge in [0.2, 0.25) is 5.91 Å². The second-order valence-corrected chi connectivity index (χ2v) is 6.27. The van der Waals surface area contributed by atoms with Crippen molar-refractivity contribution < 1.29 is 4.79 Å². The zero-order valence-electron chi connectivity index (χ0n) is 13.8. The van der Waals surface area contributed by atoms with E-state index in [9.17, 15) is 4.79 Å². The Balaban J connectivity index is 0.00000242. The Hall–Kier alpha value is -1.07. The van der Waals surface area contributed by atoms with Gasteiger partial charge in [0.15, 0.2) is 0 Å². The zero-order chi connectivity index (χ0) is 15.2. The van der Waals surface area contributed by atoms with Crippen LogP contribution in [0.3, 0.4) is 0 Å². The number of hydrogen-bond donors (Lipinski definition) is 2. The third-order valence-corrected chi connectivity index (χ3v) is 4.71. The van der Waals surface area contributed by atoms with Gasteiger partial charge in [-0.2, -0.15) is 5.10 Å². The van der Waals surface area contributed by atoms with E-state index in [4.69, 9.17) is 0 Å². The van der Waals surface area contributed by atoms with Gasteiger partial charge >= 0.3 is 0 Å². The lowest BCUT2D eigenvalue weighted by Gasteiger charge is -2.28. The van der Waals surface area contributed by atoms with Crippen LogP contribution >= 0.6 is 12.4 Å². The Labute approximate surface area is 139 Å². The Morgan fingerprint density at radius 1 is 1.45 bits per heavy atom. The average molecular weight is 329 g/mol. The summed E-state index contributed by atoms with van der Waals surface area (Å²) in [5.74, 6) is 1.61. The Bertz CT molecular complexity index is 463. The number of halogens is 1. The fourth-order valence-electron chi connectivity index (χ4n) is 3.34. The summed E-state index contributed by atoms with van der Waals surface area (Å²) in [5.41, 5.74) is 0.906. The van der Waals surface area contributed by atoms with Gasteiger partial charge in [-0.3, -0.25) is 9.48 Å². The highest BCUT2D eigenvalue weighted by Gasteiger charge is 2.23. The van der Waals surface area contributed by atoms with Gasteiger partial charge in [-0.1, -0.05) is 32.6 Å². The predicted molar refractivity (Wildman–Crippen MR) is 91.0 cm³/mol. The van der Waals surface area contributed by atoms with Crippen LogP contribution in [0.5, 0.6) is 0 Å². The number of hydrogen-bond acceptors (Lipinski definition) is 3. The number of carbonyl (C=O) groups excluding carboxylic acids is 1. The molecule has 0 radical (unpaired) electrons. The summed E-state index contributed by atoms with van der Waals surface area (Å²) in [7, 11) is 3.67. The van der Waals surface area contributed by atoms with E-state index in [-0.39, 0.29) is 24.4 Å². The molecule has 1 heterocycles. The van der Waals surface area contributed by atoms with Crippen molar-refractivity contribution in [1.82, 2.24) is 20.4 Å². The van der Waals surface area contributed by atoms with Crippen LogP contribution in [0, 0.1) is 11.8 Å². The molecule has 1 aliphatic rings. The number of aromatic nitrogens is 2. The zero-order valence-corrected chi connectivity index (χ0v) is 14.7. The highest BCUT2D eigenvalue weighted by atomic mass is 35.5. The standard InChI is InChI=1S/C16H28N4O.ClH/c1-12-6-4-5-7-13(12)8-9-18-16(21)15(17-2)14-10-19-20(3)11-14;/h10-13,15,17H,4-9H2,1-3H3,(H,18,21);1H. The van der Waals surface area contributed by atoms with Crippen molar-refractivity contribution >= 4 is 18.3 Å². The average Bonchev–Trinajstić information content (AvgIpc) is 2.88. The molecule has 126 valence electrons. The monoisotopic (exact) mass is 328 g/mol. The van der Waals surface area contributed by atoms with E-state index in [2.05, 4.69) is 22.7 Å². The molecule has 1 aliphatic carbocycles. The molecular formula is C16H29ClN4O. The molecule has 2 rings (SSSR count). The summed E-state index contributed by atoms with van der Waals surface area (Å²) in [6.45, 7) is 3.12. The van der Waals surface area contributed by atoms with Crippen molar-refractivity contribution in [1.29, 1.82) is 0 Å². The number of carbonyl (C=O) groups is 1. The second-order valence-electron chi connectivity index (χ2n) is 6.27. The first kappa shape index (κ1) is 19.0. The van der Waals surface area contributed by atoms with Gasteiger partial charge in [0.1, 0.15) is 6.04 Å². The van der Waals surface area contributed by atoms with Gasteiger partial charge < -0.3 is 10.6 Å². The number of nitrogens with zero attached hydrogens (tertiary/aromatic N) is 2. The largest absolute Gasteiger partial charge is 0.354 e. The molecule has 1 fully saturated rings. The van der Waals surface area contributed by atoms with E-state index < -0.39 is 0 Å². The molecule has 2 N–H and O–H groups in total. The summed E-state index contributed by atoms with van der Waals surface area (Å²) in [5, 5.41) is 10.3. The van der Waals surface area contributed by atoms with Crippen LogP contribution < -0.4 is 10.6 Å². The molecule has 1 aromatic heterocycles. The molecule has 1 aromatic rings. The van der Waals surface area contributed by atoms with E-state index >= 15 is 0 Å². The molecule has 0 aromatic carbocycles. The first-order valence-electron chi connectivity index (χ1n) is 8.05. The van der Waals surface area contributed by atoms with E-state index in [1.807, 2.05) is 13.2 Å². The molecule has 3 atom stereocenters. The number of rotatable bonds is 6. The van der Waals surface area contributed by atoms with Crippen LogP contribution in [0.2, 0.25) is 0 Å². The normalized spacial score (nSPS) is 22.7. The smallest absolute Gasteiger partial charge is 0.241 e. The molecule has 22 heavy (non-hydrogen) atoms. The van der Waals surface area contributed by atoms with Crippen molar-refractivity contribution in [2.45, 2.75) is 45.1 Å². The quantitative estimate of drug-likeness (QED) is 0.843. The maximum Gasteiger partial charge on any atom is 0.241 e. The molecule has 0 saturated heterocycles. The molecule has 0 bridgehead atoms. The molecule has 0 aliphatic heterocycles. The Kier molecular flexibility index (Phi) is 7.90. The molecular weight excluding hydrogens is 300 g/mol. The first-order valence-corrected chi connectivity index (χ1v) is 8.05. The second kappa shape index (κ2) is 9.16. The van der Waals surface area contributed by atoms with Gasteiger partial charge in [0, 0.05) is 25.4 Å². The van der Waals surface area contributed by atoms with Gasteiger partial charge in [-0.15, -0.1) is 12.4 Å². The van der Waals surface area contributed by atoms with Crippen molar-refractivity contribution in [3.8, 4) is 0 Å². The summed E-state index contributed by atoms with van der Waals surface area (Å²) >= 11 is 0. The lowest BCUT2D eigenvalue weighted by molar-refractivity contribution is -0.123. The fraction of sp³-hybridized carbons (Fsp3) is 0.750. The highest BCUT2D eigenvalue weighted by Crippen LogP contribution is 2.31. The van der Waals surface area contributed by atoms with Crippen LogP contribution in [0.25, 0.3) is 0 Å². The van der Waals surface area contributed by atoms with Crippen molar-refractivity contribution in [3.05, 3.63) is 18.0 Å². The minimum atomic E-state index is -0.317. The molecule has 0 spiro atoms. The van der Waals surface area contributed by atoms with Crippen molar-refractivity contribution in [2.75, 3.05) is 13.6 Å². The van der Waals surface area contributed by atoms with Crippen LogP contribution in [0.1, 0.15) is 50.6 Å². The molecule has 1 amide bonds. The third-order valence-electron chi connectivity index (χ3n) is 4.71. The maximum absolute atomic E-state index is 12.3. The summed E-state index contributed by atoms with van der Waals surface area (Å²) in [6, 6.07) is -0.317. The number of amides is 1. The molecule has 3 unspecified atom stereocenters. The number of likely N-dealkylation sites (N-methyl/N-ethyl adjacent to an activating group) is 1. The van der Waals surface area contributed by atoms with E-state index in [1.165, 1.54) is 25.7 Å². The van der Waals surface area contributed by atoms with Crippen molar-refractivity contribution in [2.24, 2.45) is 18.9 Å². The summed E-state index contributed by atoms with van der Waals surface area (Å²) in [6.07, 6.45) is 10.1. The number of aryl methyl sites for hydroxylation is 1. The van der Waals surface area contributed by atoms with Gasteiger partial charge in [-0.05, 0) is 25.3 Å². The third kappa shape index (κ3) is 4.99. The van der Waals surface area contributed by atoms with E-state index in [0.29, 0.717) is 0 Å². The van der Waals surface area contributed by atoms with Crippen LogP contribution in [-0.4, -0.2) is 29.3 Å². The fourth-order valence-corrected chi connectivity index (χ4v) is 3.34. The van der Waals surface area contributed by atoms with Crippen LogP contribution in [0.15, 0.2) is 12.4 Å². The minimum absolute atomic E-state index is 0. The summed E-state index contributed by atoms with van der Waals surface area (Å²) in [4.78, 5) is 12.3. The SMILES string of the molecule is CNC(C(=O)NCCC1CCCCC1C)c1cnn(C)c1.Cl. The van der Waals surface area contributed by atoms with Crippen molar-refractivity contribution in [3.63, 3.8) is 0 Å². The molecule has 1 saturated carbocycles. The van der Waals surface area contributed by atoms with Crippen LogP contribution in [0.4, 0.5) is 0 Å². The molecule has 5 nitrogen and oxygen atoms in total. The first-order chi connectivity index (χ1) is 10.1. The number of nitrogens with one attached hydrogen (secondary N) is 2. The topological polar surface area (TPSA) is 59.0 Å². The van der Waals surface area contributed by atoms with E-state index in [1.54, 1.807) is 17.9 Å². The molecule has 6 heteroatoms. The lowest BCUT2D eigenvalue weighted by atomic mass is 9.79. The minimum Gasteiger partial charge on any atom is -0.354 e. The highest BCUT2D eigenvalue weighted by molar-refractivity contribution is 5.85. The Morgan fingerprint density at radius 3 is 2.77 bits per heavy atom. The van der Waals surface area contributed by atoms with Gasteiger partial charge in [0.05, 0.1) is 6.20 Å². The van der Waals surface area contributed by atoms with E-state index in [0.717, 1.165) is 30.4 Å². The lowest BCUT2D eigenvalue weighted by Crippen LogP contribution is -2.37. The maximum atomic E-state index is 12.3. The van der Waals surface area contributed by atoms with Gasteiger partial charge in [-0.25, -0.2) is 0 Å².